The van der Waals surface area contributed by atoms with Crippen LogP contribution < -0.4 is 4.74 Å². The van der Waals surface area contributed by atoms with Crippen LogP contribution in [0.5, 0.6) is 5.75 Å². The zero-order valence-corrected chi connectivity index (χ0v) is 9.72. The largest absolute Gasteiger partial charge is 0.427 e. The molecule has 0 saturated carbocycles. The molecule has 2 N–H and O–H groups in total. The Morgan fingerprint density at radius 2 is 2.06 bits per heavy atom. The van der Waals surface area contributed by atoms with E-state index in [-0.39, 0.29) is 6.54 Å². The minimum absolute atomic E-state index is 0.219. The van der Waals surface area contributed by atoms with E-state index in [4.69, 9.17) is 10.3 Å². The van der Waals surface area contributed by atoms with Crippen molar-refractivity contribution >= 4 is 5.97 Å². The van der Waals surface area contributed by atoms with Crippen LogP contribution in [0.25, 0.3) is 10.4 Å². The van der Waals surface area contributed by atoms with Crippen molar-refractivity contribution in [2.45, 2.75) is 19.1 Å². The third-order valence-corrected chi connectivity index (χ3v) is 2.18. The van der Waals surface area contributed by atoms with Crippen LogP contribution in [-0.4, -0.2) is 28.8 Å². The molecule has 0 spiro atoms. The summed E-state index contributed by atoms with van der Waals surface area (Å²) in [6, 6.07) is 6.03. The second-order valence-corrected chi connectivity index (χ2v) is 3.59. The maximum atomic E-state index is 10.7. The first-order chi connectivity index (χ1) is 8.54. The van der Waals surface area contributed by atoms with Gasteiger partial charge in [0.25, 0.3) is 0 Å². The molecule has 0 bridgehead atoms. The van der Waals surface area contributed by atoms with Gasteiger partial charge in [0.2, 0.25) is 0 Å². The predicted octanol–water partition coefficient (Wildman–Crippen LogP) is 1.32. The van der Waals surface area contributed by atoms with E-state index in [2.05, 4.69) is 10.0 Å². The molecule has 0 aliphatic heterocycles. The first-order valence-corrected chi connectivity index (χ1v) is 5.20. The van der Waals surface area contributed by atoms with E-state index in [0.29, 0.717) is 11.3 Å². The summed E-state index contributed by atoms with van der Waals surface area (Å²) in [6.07, 6.45) is -2.35. The van der Waals surface area contributed by atoms with E-state index in [9.17, 15) is 15.0 Å². The summed E-state index contributed by atoms with van der Waals surface area (Å²) in [6.45, 7) is 1.07. The Bertz CT molecular complexity index is 454. The normalized spacial score (nSPS) is 13.3. The lowest BCUT2D eigenvalue weighted by atomic mass is 10.0. The molecular weight excluding hydrogens is 238 g/mol. The molecule has 1 aromatic rings. The zero-order chi connectivity index (χ0) is 13.5. The van der Waals surface area contributed by atoms with Crippen LogP contribution in [0.1, 0.15) is 18.6 Å². The number of carbonyl (C=O) groups excluding carboxylic acids is 1. The highest BCUT2D eigenvalue weighted by molar-refractivity contribution is 5.69. The molecule has 0 heterocycles. The van der Waals surface area contributed by atoms with Gasteiger partial charge in [0.15, 0.2) is 0 Å². The Morgan fingerprint density at radius 1 is 1.44 bits per heavy atom. The molecule has 0 aliphatic carbocycles. The fraction of sp³-hybridized carbons (Fsp3) is 0.364. The minimum Gasteiger partial charge on any atom is -0.427 e. The SMILES string of the molecule is CC(=O)Oc1ccc(C(O)C(O)CN=[N+]=[N-])cc1. The number of benzene rings is 1. The molecule has 1 aromatic carbocycles. The molecule has 96 valence electrons. The quantitative estimate of drug-likeness (QED) is 0.270. The van der Waals surface area contributed by atoms with Crippen molar-refractivity contribution in [3.05, 3.63) is 40.3 Å². The van der Waals surface area contributed by atoms with E-state index in [0.717, 1.165) is 0 Å². The summed E-state index contributed by atoms with van der Waals surface area (Å²) < 4.78 is 4.82. The van der Waals surface area contributed by atoms with Crippen LogP contribution in [0.3, 0.4) is 0 Å². The Labute approximate surface area is 103 Å². The third-order valence-electron chi connectivity index (χ3n) is 2.18. The molecule has 0 aromatic heterocycles. The maximum absolute atomic E-state index is 10.7. The van der Waals surface area contributed by atoms with Crippen LogP contribution in [-0.2, 0) is 4.79 Å². The van der Waals surface area contributed by atoms with Crippen LogP contribution in [0.15, 0.2) is 29.4 Å². The number of ether oxygens (including phenoxy) is 1. The predicted molar refractivity (Wildman–Crippen MR) is 62.7 cm³/mol. The summed E-state index contributed by atoms with van der Waals surface area (Å²) in [7, 11) is 0. The highest BCUT2D eigenvalue weighted by Gasteiger charge is 2.17. The molecule has 0 radical (unpaired) electrons. The number of hydrogen-bond acceptors (Lipinski definition) is 5. The standard InChI is InChI=1S/C11H13N3O4/c1-7(15)18-9-4-2-8(3-5-9)11(17)10(16)6-13-14-12/h2-5,10-11,16-17H,6H2,1H3. The molecular formula is C11H13N3O4. The maximum Gasteiger partial charge on any atom is 0.308 e. The van der Waals surface area contributed by atoms with Gasteiger partial charge in [-0.3, -0.25) is 4.79 Å². The van der Waals surface area contributed by atoms with Gasteiger partial charge in [-0.1, -0.05) is 17.2 Å². The van der Waals surface area contributed by atoms with Crippen LogP contribution in [0, 0.1) is 0 Å². The first kappa shape index (κ1) is 14.0. The monoisotopic (exact) mass is 251 g/mol. The lowest BCUT2D eigenvalue weighted by Crippen LogP contribution is -2.21. The van der Waals surface area contributed by atoms with Crippen LogP contribution in [0.4, 0.5) is 0 Å². The average Bonchev–Trinajstić information content (AvgIpc) is 2.35. The first-order valence-electron chi connectivity index (χ1n) is 5.20. The van der Waals surface area contributed by atoms with Crippen molar-refractivity contribution in [2.75, 3.05) is 6.54 Å². The molecule has 7 heteroatoms. The highest BCUT2D eigenvalue weighted by Crippen LogP contribution is 2.20. The van der Waals surface area contributed by atoms with Crippen molar-refractivity contribution in [3.63, 3.8) is 0 Å². The van der Waals surface area contributed by atoms with E-state index >= 15 is 0 Å². The van der Waals surface area contributed by atoms with Crippen LogP contribution in [0.2, 0.25) is 0 Å². The minimum atomic E-state index is -1.18. The fourth-order valence-electron chi connectivity index (χ4n) is 1.34. The number of aliphatic hydroxyl groups excluding tert-OH is 2. The topological polar surface area (TPSA) is 116 Å². The van der Waals surface area contributed by atoms with E-state index in [1.807, 2.05) is 0 Å². The Morgan fingerprint density at radius 3 is 2.56 bits per heavy atom. The average molecular weight is 251 g/mol. The van der Waals surface area contributed by atoms with E-state index < -0.39 is 18.2 Å². The van der Waals surface area contributed by atoms with Gasteiger partial charge in [-0.15, -0.1) is 0 Å². The number of hydrogen-bond donors (Lipinski definition) is 2. The second-order valence-electron chi connectivity index (χ2n) is 3.59. The Hall–Kier alpha value is -2.08. The number of esters is 1. The van der Waals surface area contributed by atoms with Crippen molar-refractivity contribution in [2.24, 2.45) is 5.11 Å². The molecule has 7 nitrogen and oxygen atoms in total. The van der Waals surface area contributed by atoms with Crippen molar-refractivity contribution in [3.8, 4) is 5.75 Å². The molecule has 0 amide bonds. The molecule has 0 saturated heterocycles. The summed E-state index contributed by atoms with van der Waals surface area (Å²) in [5, 5.41) is 22.4. The van der Waals surface area contributed by atoms with Gasteiger partial charge in [0, 0.05) is 11.8 Å². The van der Waals surface area contributed by atoms with Gasteiger partial charge in [-0.2, -0.15) is 0 Å². The molecule has 1 rings (SSSR count). The second kappa shape index (κ2) is 6.61. The number of aliphatic hydroxyl groups is 2. The summed E-state index contributed by atoms with van der Waals surface area (Å²) in [5.74, 6) is -0.0883. The number of azide groups is 1. The van der Waals surface area contributed by atoms with Crippen LogP contribution >= 0.6 is 0 Å². The van der Waals surface area contributed by atoms with E-state index in [1.54, 1.807) is 0 Å². The smallest absolute Gasteiger partial charge is 0.308 e. The summed E-state index contributed by atoms with van der Waals surface area (Å²) in [5.41, 5.74) is 8.54. The lowest BCUT2D eigenvalue weighted by molar-refractivity contribution is -0.131. The Kier molecular flexibility index (Phi) is 5.13. The van der Waals surface area contributed by atoms with Gasteiger partial charge >= 0.3 is 5.97 Å². The lowest BCUT2D eigenvalue weighted by Gasteiger charge is -2.16. The van der Waals surface area contributed by atoms with Gasteiger partial charge in [0.1, 0.15) is 11.9 Å². The molecule has 2 unspecified atom stereocenters. The highest BCUT2D eigenvalue weighted by atomic mass is 16.5. The summed E-state index contributed by atoms with van der Waals surface area (Å²) in [4.78, 5) is 13.2. The van der Waals surface area contributed by atoms with Crippen molar-refractivity contribution in [1.82, 2.24) is 0 Å². The Balaban J connectivity index is 2.71. The van der Waals surface area contributed by atoms with Gasteiger partial charge in [0.05, 0.1) is 12.6 Å². The van der Waals surface area contributed by atoms with E-state index in [1.165, 1.54) is 31.2 Å². The molecule has 18 heavy (non-hydrogen) atoms. The van der Waals surface area contributed by atoms with Gasteiger partial charge in [-0.25, -0.2) is 0 Å². The van der Waals surface area contributed by atoms with Crippen molar-refractivity contribution in [1.29, 1.82) is 0 Å². The number of carbonyl (C=O) groups is 1. The number of nitrogens with zero attached hydrogens (tertiary/aromatic N) is 3. The molecule has 0 fully saturated rings. The zero-order valence-electron chi connectivity index (χ0n) is 9.72. The van der Waals surface area contributed by atoms with Gasteiger partial charge < -0.3 is 14.9 Å². The molecule has 2 atom stereocenters. The summed E-state index contributed by atoms with van der Waals surface area (Å²) >= 11 is 0. The third kappa shape index (κ3) is 4.06. The molecule has 0 aliphatic rings. The fourth-order valence-corrected chi connectivity index (χ4v) is 1.34. The van der Waals surface area contributed by atoms with Gasteiger partial charge in [-0.05, 0) is 23.2 Å². The van der Waals surface area contributed by atoms with Crippen molar-refractivity contribution < 1.29 is 19.7 Å². The number of rotatable bonds is 5.